The zero-order chi connectivity index (χ0) is 31.8. The molecule has 0 radical (unpaired) electrons. The number of rotatable bonds is 8. The van der Waals surface area contributed by atoms with Crippen molar-refractivity contribution >= 4 is 27.9 Å². The second kappa shape index (κ2) is 11.6. The average Bonchev–Trinajstić information content (AvgIpc) is 3.21. The third-order valence-electron chi connectivity index (χ3n) is 7.52. The predicted octanol–water partition coefficient (Wildman–Crippen LogP) is 3.15. The number of allylic oxidation sites excluding steroid dienone is 2. The van der Waals surface area contributed by atoms with Gasteiger partial charge in [0, 0.05) is 18.5 Å². The summed E-state index contributed by atoms with van der Waals surface area (Å²) in [5.41, 5.74) is 13.9. The summed E-state index contributed by atoms with van der Waals surface area (Å²) >= 11 is 0. The molecule has 2 aliphatic rings. The summed E-state index contributed by atoms with van der Waals surface area (Å²) in [7, 11) is -1.92. The smallest absolute Gasteiger partial charge is 0.307 e. The van der Waals surface area contributed by atoms with Crippen LogP contribution in [-0.4, -0.2) is 36.3 Å². The highest BCUT2D eigenvalue weighted by atomic mass is 32.3. The maximum Gasteiger partial charge on any atom is 0.307 e. The van der Waals surface area contributed by atoms with Crippen molar-refractivity contribution < 1.29 is 23.1 Å². The Morgan fingerprint density at radius 2 is 1.83 bits per heavy atom. The number of anilines is 1. The van der Waals surface area contributed by atoms with E-state index in [-0.39, 0.29) is 34.0 Å². The number of aryl methyl sites for hydroxylation is 1. The van der Waals surface area contributed by atoms with E-state index >= 15 is 0 Å². The number of hydrazine groups is 2. The molecule has 42 heavy (non-hydrogen) atoms. The molecule has 12 nitrogen and oxygen atoms in total. The molecule has 1 aromatic rings. The zero-order valence-corrected chi connectivity index (χ0v) is 27.1. The van der Waals surface area contributed by atoms with E-state index in [4.69, 9.17) is 10.5 Å². The third kappa shape index (κ3) is 7.44. The number of methoxy groups -OCH3 is 1. The lowest BCUT2D eigenvalue weighted by Gasteiger charge is -2.43. The molecule has 0 spiro atoms. The number of benzene rings is 1. The van der Waals surface area contributed by atoms with Crippen LogP contribution in [0.5, 0.6) is 0 Å². The van der Waals surface area contributed by atoms with E-state index in [9.17, 15) is 18.4 Å². The Morgan fingerprint density at radius 1 is 1.19 bits per heavy atom. The van der Waals surface area contributed by atoms with Crippen LogP contribution in [0.1, 0.15) is 70.8 Å². The fourth-order valence-corrected chi connectivity index (χ4v) is 5.05. The predicted molar refractivity (Wildman–Crippen MR) is 165 cm³/mol. The summed E-state index contributed by atoms with van der Waals surface area (Å²) in [5.74, 6) is -0.312. The Kier molecular flexibility index (Phi) is 9.11. The number of nitrogens with two attached hydrogens (primary N) is 1. The van der Waals surface area contributed by atoms with Gasteiger partial charge in [0.05, 0.1) is 18.5 Å². The Hall–Kier alpha value is -3.55. The van der Waals surface area contributed by atoms with Crippen LogP contribution in [0.15, 0.2) is 52.9 Å². The minimum atomic E-state index is -3.37. The van der Waals surface area contributed by atoms with Gasteiger partial charge < -0.3 is 21.1 Å². The van der Waals surface area contributed by atoms with Crippen molar-refractivity contribution in [1.29, 1.82) is 0 Å². The molecule has 0 fully saturated rings. The molecule has 0 bridgehead atoms. The quantitative estimate of drug-likeness (QED) is 0.220. The normalized spacial score (nSPS) is 20.9. The number of nitrogens with one attached hydrogen (secondary N) is 5. The van der Waals surface area contributed by atoms with E-state index in [0.29, 0.717) is 35.6 Å². The van der Waals surface area contributed by atoms with Gasteiger partial charge in [-0.1, -0.05) is 54.5 Å². The molecule has 2 atom stereocenters. The van der Waals surface area contributed by atoms with Gasteiger partial charge in [0.2, 0.25) is 0 Å². The molecule has 8 N–H and O–H groups in total. The molecule has 1 aliphatic carbocycles. The van der Waals surface area contributed by atoms with Gasteiger partial charge in [0.1, 0.15) is 5.70 Å². The number of carbonyl (C=O) groups excluding carboxylic acids is 2. The maximum absolute atomic E-state index is 13.6. The van der Waals surface area contributed by atoms with Crippen LogP contribution < -0.4 is 37.1 Å². The number of nitrogens with zero attached hydrogens (tertiary/aromatic N) is 1. The van der Waals surface area contributed by atoms with Gasteiger partial charge in [-0.2, -0.15) is 9.27 Å². The molecule has 1 aliphatic heterocycles. The van der Waals surface area contributed by atoms with Gasteiger partial charge in [0.15, 0.2) is 23.5 Å². The summed E-state index contributed by atoms with van der Waals surface area (Å²) in [6.07, 6.45) is 3.49. The van der Waals surface area contributed by atoms with Crippen LogP contribution in [0.25, 0.3) is 0 Å². The molecule has 0 aromatic heterocycles. The molecular weight excluding hydrogens is 558 g/mol. The standard InChI is InChI=1S/C29H45N7O5S/c1-17-11-12-18(13-21(17)36-24(30)22(33-35-36)26(38)31-16-27(2,3)4)25(37)32-19-14-29(8,28(5,6)7)15-20(23(19)41-9)34-42(10,39)40/h11-13,15,33,35H,14,16H2,1-10H3,(H5-,30,31,32,34,37,38,39,40)/p+1. The van der Waals surface area contributed by atoms with E-state index in [0.717, 1.165) is 5.56 Å². The zero-order valence-electron chi connectivity index (χ0n) is 26.2. The second-order valence-electron chi connectivity index (χ2n) is 13.3. The topological polar surface area (TPSA) is 170 Å². The van der Waals surface area contributed by atoms with Gasteiger partial charge in [-0.25, -0.2) is 5.01 Å². The van der Waals surface area contributed by atoms with Gasteiger partial charge in [-0.15, -0.1) is 5.53 Å². The number of carbonyl (C=O) groups is 2. The lowest BCUT2D eigenvalue weighted by Crippen LogP contribution is -2.42. The van der Waals surface area contributed by atoms with Gasteiger partial charge in [0.25, 0.3) is 11.8 Å². The fraction of sp³-hybridized carbons (Fsp3) is 0.517. The largest absolute Gasteiger partial charge is 0.493 e. The van der Waals surface area contributed by atoms with Crippen LogP contribution in [-0.2, 0) is 24.1 Å². The highest BCUT2D eigenvalue weighted by molar-refractivity contribution is 7.95. The highest BCUT2D eigenvalue weighted by Gasteiger charge is 2.43. The molecule has 0 saturated carbocycles. The molecule has 1 heterocycles. The van der Waals surface area contributed by atoms with Crippen LogP contribution >= 0.6 is 0 Å². The first kappa shape index (κ1) is 33.0. The van der Waals surface area contributed by atoms with Crippen molar-refractivity contribution in [2.45, 2.75) is 61.8 Å². The van der Waals surface area contributed by atoms with E-state index in [1.807, 2.05) is 40.7 Å². The lowest BCUT2D eigenvalue weighted by molar-refractivity contribution is -0.118. The summed E-state index contributed by atoms with van der Waals surface area (Å²) in [6.45, 7) is 16.6. The van der Waals surface area contributed by atoms with Crippen molar-refractivity contribution in [2.75, 3.05) is 24.9 Å². The minimum absolute atomic E-state index is 0.101. The molecular formula is C29H46N7O5S+. The Morgan fingerprint density at radius 3 is 2.38 bits per heavy atom. The third-order valence-corrected chi connectivity index (χ3v) is 8.11. The van der Waals surface area contributed by atoms with Crippen molar-refractivity contribution in [2.24, 2.45) is 22.0 Å². The molecule has 2 unspecified atom stereocenters. The molecule has 232 valence electrons. The van der Waals surface area contributed by atoms with E-state index in [1.165, 1.54) is 18.4 Å². The average molecular weight is 605 g/mol. The lowest BCUT2D eigenvalue weighted by atomic mass is 9.63. The minimum Gasteiger partial charge on any atom is -0.493 e. The van der Waals surface area contributed by atoms with Crippen LogP contribution in [0, 0.1) is 23.2 Å². The molecule has 3 rings (SSSR count). The first-order valence-corrected chi connectivity index (χ1v) is 15.6. The van der Waals surface area contributed by atoms with E-state index in [2.05, 4.69) is 47.1 Å². The van der Waals surface area contributed by atoms with Crippen LogP contribution in [0.2, 0.25) is 0 Å². The van der Waals surface area contributed by atoms with Crippen LogP contribution in [0.3, 0.4) is 0 Å². The van der Waals surface area contributed by atoms with Crippen molar-refractivity contribution in [3.05, 3.63) is 64.1 Å². The second-order valence-corrected chi connectivity index (χ2v) is 15.2. The first-order valence-electron chi connectivity index (χ1n) is 13.7. The maximum atomic E-state index is 13.6. The number of hydrogen-bond donors (Lipinski definition) is 7. The number of ether oxygens (including phenoxy) is 1. The Balaban J connectivity index is 1.94. The number of amides is 2. The first-order chi connectivity index (χ1) is 19.2. The van der Waals surface area contributed by atoms with Crippen molar-refractivity contribution in [1.82, 2.24) is 26.3 Å². The Labute approximate surface area is 249 Å². The number of hydrogen-bond acceptors (Lipinski definition) is 8. The van der Waals surface area contributed by atoms with E-state index in [1.54, 1.807) is 18.2 Å². The summed E-state index contributed by atoms with van der Waals surface area (Å²) in [5, 5.41) is 7.37. The van der Waals surface area contributed by atoms with Crippen molar-refractivity contribution in [3.8, 4) is 0 Å². The fourth-order valence-electron chi connectivity index (χ4n) is 4.49. The van der Waals surface area contributed by atoms with Gasteiger partial charge >= 0.3 is 10.4 Å². The summed E-state index contributed by atoms with van der Waals surface area (Å²) < 4.78 is 30.6. The molecule has 13 heteroatoms. The van der Waals surface area contributed by atoms with Gasteiger partial charge in [-0.3, -0.25) is 15.0 Å². The Bertz CT molecular complexity index is 1400. The van der Waals surface area contributed by atoms with Gasteiger partial charge in [-0.05, 0) is 51.1 Å². The monoisotopic (exact) mass is 604 g/mol. The summed E-state index contributed by atoms with van der Waals surface area (Å²) in [6, 6.07) is 5.14. The van der Waals surface area contributed by atoms with Crippen LogP contribution in [0.4, 0.5) is 5.69 Å². The summed E-state index contributed by atoms with van der Waals surface area (Å²) in [4.78, 5) is 26.4. The molecule has 0 saturated heterocycles. The molecule has 1 aromatic carbocycles. The van der Waals surface area contributed by atoms with Crippen molar-refractivity contribution in [3.63, 3.8) is 0 Å². The van der Waals surface area contributed by atoms with E-state index < -0.39 is 21.7 Å². The highest BCUT2D eigenvalue weighted by Crippen LogP contribution is 2.48. The SMILES string of the molecule is COC1=C(NC(=O)c2ccc(C)c(N3NNC(C(=O)NCC(C)(C)C)=C3N)c2)CC(C)(C(C)(C)C)C=C1N[S+](C)(=O)O. The molecule has 2 amide bonds.